The summed E-state index contributed by atoms with van der Waals surface area (Å²) < 4.78 is 45.4. The van der Waals surface area contributed by atoms with E-state index in [2.05, 4.69) is 15.0 Å². The molecule has 2 aromatic carbocycles. The van der Waals surface area contributed by atoms with Gasteiger partial charge in [-0.1, -0.05) is 23.2 Å². The number of aryl methyl sites for hydroxylation is 1. The van der Waals surface area contributed by atoms with Gasteiger partial charge in [0.15, 0.2) is 0 Å². The second kappa shape index (κ2) is 7.58. The molecule has 6 rings (SSSR count). The van der Waals surface area contributed by atoms with Crippen LogP contribution in [0.25, 0.3) is 10.9 Å². The lowest BCUT2D eigenvalue weighted by molar-refractivity contribution is 0.327. The molecule has 3 fully saturated rings. The van der Waals surface area contributed by atoms with Crippen LogP contribution in [0.5, 0.6) is 0 Å². The Morgan fingerprint density at radius 2 is 1.84 bits per heavy atom. The lowest BCUT2D eigenvalue weighted by atomic mass is 9.87. The van der Waals surface area contributed by atoms with Gasteiger partial charge in [0.05, 0.1) is 44.3 Å². The summed E-state index contributed by atoms with van der Waals surface area (Å²) in [6.07, 6.45) is 3.10. The molecule has 8 nitrogen and oxygen atoms in total. The maximum absolute atomic E-state index is 14.7. The van der Waals surface area contributed by atoms with E-state index in [0.29, 0.717) is 18.0 Å². The minimum absolute atomic E-state index is 0.00180. The predicted octanol–water partition coefficient (Wildman–Crippen LogP) is 3.87. The van der Waals surface area contributed by atoms with Crippen LogP contribution in [0.15, 0.2) is 35.4 Å². The van der Waals surface area contributed by atoms with Crippen LogP contribution >= 0.6 is 23.2 Å². The van der Waals surface area contributed by atoms with Crippen LogP contribution in [0.2, 0.25) is 10.0 Å². The van der Waals surface area contributed by atoms with Crippen molar-refractivity contribution in [3.05, 3.63) is 56.8 Å². The summed E-state index contributed by atoms with van der Waals surface area (Å²) in [5, 5.41) is 2.86. The molecule has 3 heterocycles. The number of nitrogens with zero attached hydrogens (tertiary/aromatic N) is 3. The van der Waals surface area contributed by atoms with Crippen molar-refractivity contribution in [3.8, 4) is 0 Å². The summed E-state index contributed by atoms with van der Waals surface area (Å²) in [6, 6.07) is 5.49. The molecule has 1 aliphatic carbocycles. The highest BCUT2D eigenvalue weighted by molar-refractivity contribution is 7.90. The molecule has 1 aromatic heterocycles. The maximum Gasteiger partial charge on any atom is 0.301 e. The fraction of sp³-hybridized carbons (Fsp3) is 0.300. The third kappa shape index (κ3) is 3.42. The summed E-state index contributed by atoms with van der Waals surface area (Å²) in [5.41, 5.74) is 0.126. The van der Waals surface area contributed by atoms with Crippen LogP contribution < -0.4 is 15.6 Å². The first kappa shape index (κ1) is 21.4. The zero-order valence-electron chi connectivity index (χ0n) is 16.8. The van der Waals surface area contributed by atoms with Gasteiger partial charge < -0.3 is 9.88 Å². The number of hydrogen-bond acceptors (Lipinski definition) is 5. The lowest BCUT2D eigenvalue weighted by Gasteiger charge is -2.26. The van der Waals surface area contributed by atoms with E-state index in [4.69, 9.17) is 23.2 Å². The van der Waals surface area contributed by atoms with Crippen molar-refractivity contribution in [2.24, 2.45) is 13.0 Å². The molecule has 0 radical (unpaired) electrons. The molecule has 2 saturated heterocycles. The quantitative estimate of drug-likeness (QED) is 0.557. The van der Waals surface area contributed by atoms with Crippen molar-refractivity contribution in [2.45, 2.75) is 18.9 Å². The highest BCUT2D eigenvalue weighted by atomic mass is 35.5. The van der Waals surface area contributed by atoms with Crippen molar-refractivity contribution in [3.63, 3.8) is 0 Å². The topological polar surface area (TPSA) is 96.3 Å². The van der Waals surface area contributed by atoms with Gasteiger partial charge >= 0.3 is 10.2 Å². The van der Waals surface area contributed by atoms with Crippen LogP contribution in [-0.2, 0) is 17.3 Å². The van der Waals surface area contributed by atoms with Gasteiger partial charge in [0.25, 0.3) is 5.56 Å². The smallest absolute Gasteiger partial charge is 0.301 e. The molecule has 2 bridgehead atoms. The molecule has 0 unspecified atom stereocenters. The van der Waals surface area contributed by atoms with E-state index in [1.807, 2.05) is 0 Å². The maximum atomic E-state index is 14.7. The zero-order chi connectivity index (χ0) is 22.8. The molecule has 32 heavy (non-hydrogen) atoms. The molecule has 3 aromatic rings. The zero-order valence-corrected chi connectivity index (χ0v) is 19.1. The molecule has 0 spiro atoms. The first-order valence-corrected chi connectivity index (χ1v) is 12.0. The number of fused-ring (bicyclic) bond motifs is 2. The predicted molar refractivity (Wildman–Crippen MR) is 122 cm³/mol. The normalized spacial score (nSPS) is 20.4. The number of aromatic nitrogens is 2. The Morgan fingerprint density at radius 1 is 1.12 bits per heavy atom. The summed E-state index contributed by atoms with van der Waals surface area (Å²) in [5.74, 6) is -0.314. The van der Waals surface area contributed by atoms with Crippen LogP contribution in [0.1, 0.15) is 12.8 Å². The molecule has 2 N–H and O–H groups in total. The van der Waals surface area contributed by atoms with Crippen molar-refractivity contribution in [2.75, 3.05) is 16.6 Å². The lowest BCUT2D eigenvalue weighted by Crippen LogP contribution is -2.38. The highest BCUT2D eigenvalue weighted by Gasteiger charge is 2.48. The summed E-state index contributed by atoms with van der Waals surface area (Å²) in [4.78, 5) is 16.6. The van der Waals surface area contributed by atoms with Crippen LogP contribution in [-0.4, -0.2) is 34.9 Å². The molecule has 3 aliphatic rings. The van der Waals surface area contributed by atoms with E-state index in [-0.39, 0.29) is 44.1 Å². The Labute approximate surface area is 193 Å². The van der Waals surface area contributed by atoms with E-state index < -0.39 is 16.0 Å². The monoisotopic (exact) mass is 497 g/mol. The fourth-order valence-corrected chi connectivity index (χ4v) is 6.34. The largest absolute Gasteiger partial charge is 0.351 e. The van der Waals surface area contributed by atoms with E-state index >= 15 is 0 Å². The Kier molecular flexibility index (Phi) is 5.08. The first-order chi connectivity index (χ1) is 15.2. The molecule has 1 saturated carbocycles. The number of benzene rings is 2. The standard InChI is InChI=1S/C20H18Cl2FN5O3S/c1-27-9-24-13-4-5-14(17(21)16(13)20(27)29)25-19-12(23)2-3-15(18(19)22)26-32(30,31)28-8-10-6-11(28)7-10/h2-5,9-11,25-26H,6-8H2,1H3. The Balaban J connectivity index is 1.50. The van der Waals surface area contributed by atoms with Crippen molar-refractivity contribution < 1.29 is 12.8 Å². The van der Waals surface area contributed by atoms with E-state index in [1.54, 1.807) is 19.2 Å². The molecule has 12 heteroatoms. The van der Waals surface area contributed by atoms with E-state index in [9.17, 15) is 17.6 Å². The van der Waals surface area contributed by atoms with Gasteiger partial charge in [-0.25, -0.2) is 9.37 Å². The average Bonchev–Trinajstić information content (AvgIpc) is 3.34. The van der Waals surface area contributed by atoms with Crippen LogP contribution in [0.4, 0.5) is 21.5 Å². The third-order valence-electron chi connectivity index (χ3n) is 5.98. The van der Waals surface area contributed by atoms with Gasteiger partial charge in [-0.15, -0.1) is 0 Å². The molecular formula is C20H18Cl2FN5O3S. The Hall–Kier alpha value is -2.40. The second-order valence-electron chi connectivity index (χ2n) is 8.06. The second-order valence-corrected chi connectivity index (χ2v) is 10.4. The summed E-state index contributed by atoms with van der Waals surface area (Å²) >= 11 is 12.8. The van der Waals surface area contributed by atoms with Gasteiger partial charge in [-0.3, -0.25) is 9.52 Å². The van der Waals surface area contributed by atoms with Gasteiger partial charge in [0.1, 0.15) is 5.82 Å². The highest BCUT2D eigenvalue weighted by Crippen LogP contribution is 2.43. The SMILES string of the molecule is Cn1cnc2ccc(Nc3c(F)ccc(NS(=O)(=O)N4CC5CC4C5)c3Cl)c(Cl)c2c1=O. The van der Waals surface area contributed by atoms with Crippen LogP contribution in [0.3, 0.4) is 0 Å². The van der Waals surface area contributed by atoms with Crippen LogP contribution in [0, 0.1) is 11.7 Å². The van der Waals surface area contributed by atoms with E-state index in [1.165, 1.54) is 21.3 Å². The Morgan fingerprint density at radius 3 is 2.53 bits per heavy atom. The van der Waals surface area contributed by atoms with Gasteiger partial charge in [0, 0.05) is 19.6 Å². The van der Waals surface area contributed by atoms with Gasteiger partial charge in [0.2, 0.25) is 0 Å². The van der Waals surface area contributed by atoms with E-state index in [0.717, 1.165) is 18.9 Å². The van der Waals surface area contributed by atoms with Crippen molar-refractivity contribution in [1.29, 1.82) is 0 Å². The Bertz CT molecular complexity index is 1420. The van der Waals surface area contributed by atoms with Crippen molar-refractivity contribution in [1.82, 2.24) is 13.9 Å². The number of nitrogens with one attached hydrogen (secondary N) is 2. The number of rotatable bonds is 5. The van der Waals surface area contributed by atoms with Gasteiger partial charge in [-0.2, -0.15) is 12.7 Å². The molecular weight excluding hydrogens is 480 g/mol. The fourth-order valence-electron chi connectivity index (χ4n) is 4.21. The summed E-state index contributed by atoms with van der Waals surface area (Å²) in [6.45, 7) is 0.472. The average molecular weight is 498 g/mol. The molecule has 0 amide bonds. The van der Waals surface area contributed by atoms with Gasteiger partial charge in [-0.05, 0) is 43.0 Å². The minimum atomic E-state index is -3.82. The summed E-state index contributed by atoms with van der Waals surface area (Å²) in [7, 11) is -2.28. The number of halogens is 3. The minimum Gasteiger partial charge on any atom is -0.351 e. The molecule has 0 atom stereocenters. The number of anilines is 3. The first-order valence-electron chi connectivity index (χ1n) is 9.84. The van der Waals surface area contributed by atoms with Crippen molar-refractivity contribution >= 4 is 61.4 Å². The third-order valence-corrected chi connectivity index (χ3v) is 8.31. The number of hydrogen-bond donors (Lipinski definition) is 2. The molecule has 168 valence electrons. The molecule has 2 aliphatic heterocycles.